The highest BCUT2D eigenvalue weighted by Crippen LogP contribution is 2.26. The molecule has 4 heteroatoms. The molecule has 0 aliphatic carbocycles. The second kappa shape index (κ2) is 4.47. The maximum atomic E-state index is 8.81. The van der Waals surface area contributed by atoms with Gasteiger partial charge in [-0.15, -0.1) is 0 Å². The van der Waals surface area contributed by atoms with Crippen LogP contribution in [0.5, 0.6) is 0 Å². The molecule has 0 bridgehead atoms. The van der Waals surface area contributed by atoms with E-state index < -0.39 is 0 Å². The van der Waals surface area contributed by atoms with Gasteiger partial charge in [0.25, 0.3) is 0 Å². The normalized spacial score (nSPS) is 12.2. The maximum Gasteiger partial charge on any atom is 0.192 e. The number of aliphatic hydroxyl groups is 1. The first-order valence-corrected chi connectivity index (χ1v) is 5.72. The average Bonchev–Trinajstić information content (AvgIpc) is 2.65. The van der Waals surface area contributed by atoms with Crippen molar-refractivity contribution >= 4 is 11.1 Å². The van der Waals surface area contributed by atoms with Gasteiger partial charge in [-0.2, -0.15) is 0 Å². The van der Waals surface area contributed by atoms with Crippen molar-refractivity contribution in [1.29, 1.82) is 0 Å². The van der Waals surface area contributed by atoms with Gasteiger partial charge < -0.3 is 9.52 Å². The topological polar surface area (TPSA) is 58.3 Å². The molecular formula is C13H18N2O2. The molecule has 0 saturated carbocycles. The molecule has 2 aromatic rings. The molecule has 4 nitrogen and oxygen atoms in total. The van der Waals surface area contributed by atoms with Crippen LogP contribution in [0.1, 0.15) is 25.3 Å². The number of nitrogens with one attached hydrogen (secondary N) is 1. The van der Waals surface area contributed by atoms with Crippen LogP contribution in [0, 0.1) is 6.92 Å². The molecule has 17 heavy (non-hydrogen) atoms. The second-order valence-corrected chi connectivity index (χ2v) is 4.88. The van der Waals surface area contributed by atoms with Crippen molar-refractivity contribution in [2.24, 2.45) is 0 Å². The van der Waals surface area contributed by atoms with Crippen LogP contribution in [0.25, 0.3) is 11.1 Å². The Morgan fingerprint density at radius 2 is 2.18 bits per heavy atom. The van der Waals surface area contributed by atoms with Gasteiger partial charge in [0.1, 0.15) is 5.52 Å². The summed E-state index contributed by atoms with van der Waals surface area (Å²) in [6, 6.07) is 6.04. The Morgan fingerprint density at radius 1 is 1.41 bits per heavy atom. The summed E-state index contributed by atoms with van der Waals surface area (Å²) >= 11 is 0. The zero-order valence-electron chi connectivity index (χ0n) is 10.4. The number of benzene rings is 1. The van der Waals surface area contributed by atoms with Crippen LogP contribution in [-0.4, -0.2) is 23.4 Å². The lowest BCUT2D eigenvalue weighted by Gasteiger charge is -2.25. The molecule has 0 amide bonds. The summed E-state index contributed by atoms with van der Waals surface area (Å²) in [5.74, 6) is 0.684. The third-order valence-corrected chi connectivity index (χ3v) is 2.95. The molecule has 0 spiro atoms. The molecule has 1 heterocycles. The molecule has 0 radical (unpaired) electrons. The van der Waals surface area contributed by atoms with Gasteiger partial charge >= 0.3 is 0 Å². The monoisotopic (exact) mass is 234 g/mol. The molecule has 1 aromatic carbocycles. The van der Waals surface area contributed by atoms with E-state index in [2.05, 4.69) is 24.1 Å². The van der Waals surface area contributed by atoms with E-state index >= 15 is 0 Å². The molecule has 0 saturated heterocycles. The fraction of sp³-hybridized carbons (Fsp3) is 0.462. The highest BCUT2D eigenvalue weighted by Gasteiger charge is 2.21. The Hall–Kier alpha value is -1.39. The molecule has 0 atom stereocenters. The fourth-order valence-electron chi connectivity index (χ4n) is 1.93. The van der Waals surface area contributed by atoms with Crippen LogP contribution in [0.2, 0.25) is 0 Å². The standard InChI is InChI=1S/C13H18N2O2/c1-9-15-11-6-10(4-5-12(11)17-9)13(2,3)7-14-8-16/h4-6,14,16H,7-8H2,1-3H3. The SMILES string of the molecule is Cc1nc2cc(C(C)(C)CNCO)ccc2o1. The number of oxazole rings is 1. The third-order valence-electron chi connectivity index (χ3n) is 2.95. The van der Waals surface area contributed by atoms with Gasteiger partial charge in [-0.05, 0) is 17.7 Å². The molecule has 2 N–H and O–H groups in total. The smallest absolute Gasteiger partial charge is 0.192 e. The van der Waals surface area contributed by atoms with Gasteiger partial charge in [0.2, 0.25) is 0 Å². The highest BCUT2D eigenvalue weighted by atomic mass is 16.3. The van der Waals surface area contributed by atoms with E-state index in [-0.39, 0.29) is 12.1 Å². The predicted octanol–water partition coefficient (Wildman–Crippen LogP) is 1.95. The molecule has 2 rings (SSSR count). The summed E-state index contributed by atoms with van der Waals surface area (Å²) in [7, 11) is 0. The number of aryl methyl sites for hydroxylation is 1. The van der Waals surface area contributed by atoms with Crippen LogP contribution in [-0.2, 0) is 5.41 Å². The lowest BCUT2D eigenvalue weighted by Crippen LogP contribution is -2.33. The van der Waals surface area contributed by atoms with E-state index in [1.54, 1.807) is 0 Å². The minimum atomic E-state index is -0.0518. The van der Waals surface area contributed by atoms with Crippen molar-refractivity contribution in [1.82, 2.24) is 10.3 Å². The van der Waals surface area contributed by atoms with Crippen LogP contribution in [0.15, 0.2) is 22.6 Å². The lowest BCUT2D eigenvalue weighted by molar-refractivity contribution is 0.247. The van der Waals surface area contributed by atoms with Crippen molar-refractivity contribution in [2.75, 3.05) is 13.3 Å². The van der Waals surface area contributed by atoms with E-state index in [4.69, 9.17) is 9.52 Å². The number of hydrogen-bond acceptors (Lipinski definition) is 4. The first-order chi connectivity index (χ1) is 8.03. The Morgan fingerprint density at radius 3 is 2.88 bits per heavy atom. The van der Waals surface area contributed by atoms with Crippen LogP contribution in [0.3, 0.4) is 0 Å². The average molecular weight is 234 g/mol. The van der Waals surface area contributed by atoms with Crippen molar-refractivity contribution in [3.8, 4) is 0 Å². The number of aromatic nitrogens is 1. The predicted molar refractivity (Wildman–Crippen MR) is 66.9 cm³/mol. The van der Waals surface area contributed by atoms with Crippen LogP contribution in [0.4, 0.5) is 0 Å². The van der Waals surface area contributed by atoms with Crippen molar-refractivity contribution in [3.05, 3.63) is 29.7 Å². The fourth-order valence-corrected chi connectivity index (χ4v) is 1.93. The van der Waals surface area contributed by atoms with Gasteiger partial charge in [-0.3, -0.25) is 5.32 Å². The molecule has 0 aliphatic rings. The summed E-state index contributed by atoms with van der Waals surface area (Å²) in [4.78, 5) is 4.33. The quantitative estimate of drug-likeness (QED) is 0.794. The zero-order chi connectivity index (χ0) is 12.5. The maximum absolute atomic E-state index is 8.81. The molecule has 0 aliphatic heterocycles. The Kier molecular flexibility index (Phi) is 3.17. The van der Waals surface area contributed by atoms with Gasteiger partial charge in [-0.25, -0.2) is 4.98 Å². The van der Waals surface area contributed by atoms with Gasteiger partial charge in [0.05, 0.1) is 6.73 Å². The van der Waals surface area contributed by atoms with Gasteiger partial charge in [0, 0.05) is 18.9 Å². The zero-order valence-corrected chi connectivity index (χ0v) is 10.4. The number of nitrogens with zero attached hydrogens (tertiary/aromatic N) is 1. The van der Waals surface area contributed by atoms with Crippen LogP contribution < -0.4 is 5.32 Å². The number of fused-ring (bicyclic) bond motifs is 1. The van der Waals surface area contributed by atoms with Crippen molar-refractivity contribution in [3.63, 3.8) is 0 Å². The van der Waals surface area contributed by atoms with Crippen molar-refractivity contribution < 1.29 is 9.52 Å². The van der Waals surface area contributed by atoms with E-state index in [0.717, 1.165) is 11.1 Å². The Labute approximate surface area is 101 Å². The highest BCUT2D eigenvalue weighted by molar-refractivity contribution is 5.73. The van der Waals surface area contributed by atoms with E-state index in [1.165, 1.54) is 5.56 Å². The minimum absolute atomic E-state index is 0.00522. The van der Waals surface area contributed by atoms with E-state index in [0.29, 0.717) is 12.4 Å². The molecular weight excluding hydrogens is 216 g/mol. The van der Waals surface area contributed by atoms with E-state index in [1.807, 2.05) is 25.1 Å². The Bertz CT molecular complexity index is 517. The van der Waals surface area contributed by atoms with E-state index in [9.17, 15) is 0 Å². The summed E-state index contributed by atoms with van der Waals surface area (Å²) in [6.07, 6.45) is 0. The first kappa shape index (κ1) is 12.1. The van der Waals surface area contributed by atoms with Crippen molar-refractivity contribution in [2.45, 2.75) is 26.2 Å². The minimum Gasteiger partial charge on any atom is -0.441 e. The number of rotatable bonds is 4. The van der Waals surface area contributed by atoms with Crippen LogP contribution >= 0.6 is 0 Å². The first-order valence-electron chi connectivity index (χ1n) is 5.72. The second-order valence-electron chi connectivity index (χ2n) is 4.88. The molecule has 1 aromatic heterocycles. The van der Waals surface area contributed by atoms with Gasteiger partial charge in [0.15, 0.2) is 11.5 Å². The summed E-state index contributed by atoms with van der Waals surface area (Å²) in [5, 5.41) is 11.8. The summed E-state index contributed by atoms with van der Waals surface area (Å²) in [5.41, 5.74) is 2.83. The molecule has 92 valence electrons. The third kappa shape index (κ3) is 2.48. The number of hydrogen-bond donors (Lipinski definition) is 2. The number of aliphatic hydroxyl groups excluding tert-OH is 1. The lowest BCUT2D eigenvalue weighted by atomic mass is 9.84. The summed E-state index contributed by atoms with van der Waals surface area (Å²) in [6.45, 7) is 6.81. The largest absolute Gasteiger partial charge is 0.441 e. The van der Waals surface area contributed by atoms with Gasteiger partial charge in [-0.1, -0.05) is 19.9 Å². The Balaban J connectivity index is 2.34. The summed E-state index contributed by atoms with van der Waals surface area (Å²) < 4.78 is 5.45. The molecule has 0 fully saturated rings. The molecule has 0 unspecified atom stereocenters.